The van der Waals surface area contributed by atoms with Crippen molar-refractivity contribution in [1.29, 1.82) is 0 Å². The summed E-state index contributed by atoms with van der Waals surface area (Å²) in [6, 6.07) is 8.32. The van der Waals surface area contributed by atoms with E-state index in [0.717, 1.165) is 5.56 Å². The van der Waals surface area contributed by atoms with Crippen molar-refractivity contribution in [3.8, 4) is 17.4 Å². The lowest BCUT2D eigenvalue weighted by atomic mass is 10.2. The van der Waals surface area contributed by atoms with Crippen molar-refractivity contribution in [2.24, 2.45) is 4.99 Å². The summed E-state index contributed by atoms with van der Waals surface area (Å²) in [5.41, 5.74) is 1.34. The van der Waals surface area contributed by atoms with E-state index >= 15 is 0 Å². The van der Waals surface area contributed by atoms with Gasteiger partial charge in [-0.3, -0.25) is 0 Å². The monoisotopic (exact) mass is 522 g/mol. The Kier molecular flexibility index (Phi) is 11.0. The predicted molar refractivity (Wildman–Crippen MR) is 117 cm³/mol. The number of alkyl halides is 2. The number of methoxy groups -OCH3 is 2. The van der Waals surface area contributed by atoms with Crippen LogP contribution in [0.15, 0.2) is 41.5 Å². The van der Waals surface area contributed by atoms with E-state index in [0.29, 0.717) is 36.2 Å². The van der Waals surface area contributed by atoms with Crippen LogP contribution in [0.2, 0.25) is 0 Å². The van der Waals surface area contributed by atoms with Gasteiger partial charge in [0.15, 0.2) is 5.96 Å². The summed E-state index contributed by atoms with van der Waals surface area (Å²) < 4.78 is 40.3. The molecule has 0 fully saturated rings. The maximum Gasteiger partial charge on any atom is 0.387 e. The van der Waals surface area contributed by atoms with Crippen molar-refractivity contribution in [3.05, 3.63) is 47.7 Å². The summed E-state index contributed by atoms with van der Waals surface area (Å²) in [5.74, 6) is 1.62. The molecule has 0 unspecified atom stereocenters. The number of hydrogen-bond acceptors (Lipinski definition) is 5. The molecule has 0 saturated carbocycles. The zero-order valence-corrected chi connectivity index (χ0v) is 18.8. The maximum absolute atomic E-state index is 12.7. The summed E-state index contributed by atoms with van der Waals surface area (Å²) in [7, 11) is 3.06. The first-order chi connectivity index (χ1) is 13.6. The molecule has 10 heteroatoms. The maximum atomic E-state index is 12.7. The number of rotatable bonds is 9. The molecule has 0 atom stereocenters. The number of aliphatic imine (C=N–C) groups is 1. The first-order valence-corrected chi connectivity index (χ1v) is 8.69. The van der Waals surface area contributed by atoms with E-state index in [9.17, 15) is 8.78 Å². The molecule has 1 aromatic carbocycles. The Bertz CT molecular complexity index is 794. The van der Waals surface area contributed by atoms with Gasteiger partial charge in [0.1, 0.15) is 11.5 Å². The van der Waals surface area contributed by atoms with Crippen LogP contribution in [0, 0.1) is 0 Å². The second kappa shape index (κ2) is 13.0. The standard InChI is InChI=1S/C19H24F2N4O3.HI/c1-4-22-19(24-11-13-6-5-9-23-17(13)27-3)25-12-14-10-15(26-2)7-8-16(14)28-18(20)21;/h5-10,18H,4,11-12H2,1-3H3,(H2,22,24,25);1H. The largest absolute Gasteiger partial charge is 0.497 e. The van der Waals surface area contributed by atoms with Gasteiger partial charge in [0.05, 0.1) is 20.8 Å². The Labute approximate surface area is 185 Å². The molecule has 0 saturated heterocycles. The normalized spacial score (nSPS) is 10.9. The number of pyridine rings is 1. The zero-order valence-electron chi connectivity index (χ0n) is 16.4. The number of ether oxygens (including phenoxy) is 3. The van der Waals surface area contributed by atoms with Crippen LogP contribution in [-0.4, -0.2) is 38.3 Å². The summed E-state index contributed by atoms with van der Waals surface area (Å²) in [6.45, 7) is 0.202. The minimum atomic E-state index is -2.92. The number of hydrogen-bond donors (Lipinski definition) is 2. The molecule has 29 heavy (non-hydrogen) atoms. The third-order valence-electron chi connectivity index (χ3n) is 3.73. The van der Waals surface area contributed by atoms with Crippen molar-refractivity contribution in [2.45, 2.75) is 26.6 Å². The first kappa shape index (κ1) is 24.7. The minimum absolute atomic E-state index is 0. The van der Waals surface area contributed by atoms with Gasteiger partial charge < -0.3 is 24.8 Å². The van der Waals surface area contributed by atoms with Gasteiger partial charge in [0.25, 0.3) is 0 Å². The van der Waals surface area contributed by atoms with Crippen LogP contribution in [0.25, 0.3) is 0 Å². The Hall–Kier alpha value is -2.37. The van der Waals surface area contributed by atoms with Crippen molar-refractivity contribution in [1.82, 2.24) is 15.6 Å². The molecule has 0 bridgehead atoms. The van der Waals surface area contributed by atoms with Crippen molar-refractivity contribution < 1.29 is 23.0 Å². The summed E-state index contributed by atoms with van der Waals surface area (Å²) >= 11 is 0. The highest BCUT2D eigenvalue weighted by Gasteiger charge is 2.11. The highest BCUT2D eigenvalue weighted by Crippen LogP contribution is 2.26. The van der Waals surface area contributed by atoms with Crippen LogP contribution in [0.3, 0.4) is 0 Å². The molecule has 1 heterocycles. The topological polar surface area (TPSA) is 77.0 Å². The van der Waals surface area contributed by atoms with Gasteiger partial charge >= 0.3 is 6.61 Å². The molecule has 0 spiro atoms. The number of halogens is 3. The molecule has 0 aliphatic heterocycles. The molecular weight excluding hydrogens is 497 g/mol. The average Bonchev–Trinajstić information content (AvgIpc) is 2.70. The molecule has 2 aromatic rings. The van der Waals surface area contributed by atoms with Gasteiger partial charge in [-0.05, 0) is 31.2 Å². The number of benzene rings is 1. The fourth-order valence-corrected chi connectivity index (χ4v) is 2.44. The quantitative estimate of drug-likeness (QED) is 0.298. The van der Waals surface area contributed by atoms with E-state index in [-0.39, 0.29) is 36.3 Å². The van der Waals surface area contributed by atoms with Crippen LogP contribution in [0.5, 0.6) is 17.4 Å². The van der Waals surface area contributed by atoms with Gasteiger partial charge in [-0.15, -0.1) is 24.0 Å². The number of nitrogens with zero attached hydrogens (tertiary/aromatic N) is 2. The smallest absolute Gasteiger partial charge is 0.387 e. The zero-order chi connectivity index (χ0) is 20.4. The van der Waals surface area contributed by atoms with E-state index in [1.54, 1.807) is 25.4 Å². The van der Waals surface area contributed by atoms with Gasteiger partial charge in [-0.1, -0.05) is 6.07 Å². The molecule has 0 aliphatic carbocycles. The third-order valence-corrected chi connectivity index (χ3v) is 3.73. The van der Waals surface area contributed by atoms with Gasteiger partial charge in [0.2, 0.25) is 5.88 Å². The molecule has 0 radical (unpaired) electrons. The summed E-state index contributed by atoms with van der Waals surface area (Å²) in [4.78, 5) is 8.60. The second-order valence-electron chi connectivity index (χ2n) is 5.57. The summed E-state index contributed by atoms with van der Waals surface area (Å²) in [5, 5.41) is 6.28. The van der Waals surface area contributed by atoms with E-state index < -0.39 is 6.61 Å². The number of aromatic nitrogens is 1. The fourth-order valence-electron chi connectivity index (χ4n) is 2.44. The van der Waals surface area contributed by atoms with E-state index in [4.69, 9.17) is 9.47 Å². The predicted octanol–water partition coefficient (Wildman–Crippen LogP) is 3.57. The van der Waals surface area contributed by atoms with Crippen molar-refractivity contribution in [2.75, 3.05) is 20.8 Å². The van der Waals surface area contributed by atoms with Crippen LogP contribution >= 0.6 is 24.0 Å². The fraction of sp³-hybridized carbons (Fsp3) is 0.368. The van der Waals surface area contributed by atoms with E-state index in [1.165, 1.54) is 13.2 Å². The first-order valence-electron chi connectivity index (χ1n) is 8.69. The van der Waals surface area contributed by atoms with Crippen LogP contribution in [-0.2, 0) is 13.1 Å². The third kappa shape index (κ3) is 7.87. The number of guanidine groups is 1. The molecule has 0 amide bonds. The molecule has 1 aromatic heterocycles. The second-order valence-corrected chi connectivity index (χ2v) is 5.57. The Morgan fingerprint density at radius 1 is 1.14 bits per heavy atom. The van der Waals surface area contributed by atoms with Crippen molar-refractivity contribution >= 4 is 29.9 Å². The summed E-state index contributed by atoms with van der Waals surface area (Å²) in [6.07, 6.45) is 1.65. The minimum Gasteiger partial charge on any atom is -0.497 e. The molecule has 160 valence electrons. The lowest BCUT2D eigenvalue weighted by Gasteiger charge is -2.14. The lowest BCUT2D eigenvalue weighted by molar-refractivity contribution is -0.0504. The number of nitrogens with one attached hydrogen (secondary N) is 2. The van der Waals surface area contributed by atoms with E-state index in [1.807, 2.05) is 19.1 Å². The Morgan fingerprint density at radius 3 is 2.59 bits per heavy atom. The Balaban J connectivity index is 0.00000420. The highest BCUT2D eigenvalue weighted by atomic mass is 127. The van der Waals surface area contributed by atoms with Gasteiger partial charge in [-0.25, -0.2) is 9.98 Å². The van der Waals surface area contributed by atoms with E-state index in [2.05, 4.69) is 25.3 Å². The van der Waals surface area contributed by atoms with Crippen molar-refractivity contribution in [3.63, 3.8) is 0 Å². The van der Waals surface area contributed by atoms with Crippen LogP contribution < -0.4 is 24.8 Å². The molecule has 7 nitrogen and oxygen atoms in total. The van der Waals surface area contributed by atoms with Gasteiger partial charge in [-0.2, -0.15) is 8.78 Å². The molecule has 0 aliphatic rings. The van der Waals surface area contributed by atoms with Gasteiger partial charge in [0, 0.05) is 30.4 Å². The average molecular weight is 522 g/mol. The highest BCUT2D eigenvalue weighted by molar-refractivity contribution is 14.0. The molecule has 2 rings (SSSR count). The Morgan fingerprint density at radius 2 is 1.93 bits per heavy atom. The van der Waals surface area contributed by atoms with Crippen LogP contribution in [0.4, 0.5) is 8.78 Å². The molecule has 2 N–H and O–H groups in total. The molecular formula is C19H25F2IN4O3. The SMILES string of the molecule is CCNC(=NCc1cc(OC)ccc1OC(F)F)NCc1cccnc1OC.I. The lowest BCUT2D eigenvalue weighted by Crippen LogP contribution is -2.36. The van der Waals surface area contributed by atoms with Crippen LogP contribution in [0.1, 0.15) is 18.1 Å².